The van der Waals surface area contributed by atoms with E-state index in [0.29, 0.717) is 0 Å². The van der Waals surface area contributed by atoms with Crippen molar-refractivity contribution in [2.75, 3.05) is 6.61 Å². The molecule has 76 valence electrons. The molecule has 0 saturated carbocycles. The molecular formula is C11H22OSi. The second-order valence-corrected chi connectivity index (χ2v) is 7.92. The second-order valence-electron chi connectivity index (χ2n) is 4.64. The lowest BCUT2D eigenvalue weighted by Gasteiger charge is -2.38. The molecule has 1 fully saturated rings. The highest BCUT2D eigenvalue weighted by Crippen LogP contribution is 2.30. The molecule has 2 heteroatoms. The summed E-state index contributed by atoms with van der Waals surface area (Å²) in [4.78, 5) is 0. The van der Waals surface area contributed by atoms with Crippen molar-refractivity contribution in [3.05, 3.63) is 11.6 Å². The van der Waals surface area contributed by atoms with Crippen molar-refractivity contribution >= 4 is 8.80 Å². The van der Waals surface area contributed by atoms with Crippen molar-refractivity contribution in [2.45, 2.75) is 51.4 Å². The standard InChI is InChI=1S/C11H22OSi/c1-10(2)9-11(13(3)4)7-5-6-8-12-11/h9,13H,5-8H2,1-4H3. The van der Waals surface area contributed by atoms with Gasteiger partial charge in [0.25, 0.3) is 0 Å². The third kappa shape index (κ3) is 2.68. The molecule has 1 aliphatic heterocycles. The number of rotatable bonds is 2. The van der Waals surface area contributed by atoms with Gasteiger partial charge in [-0.1, -0.05) is 24.7 Å². The van der Waals surface area contributed by atoms with E-state index in [1.807, 2.05) is 0 Å². The van der Waals surface area contributed by atoms with Gasteiger partial charge in [-0.2, -0.15) is 0 Å². The van der Waals surface area contributed by atoms with E-state index in [1.165, 1.54) is 24.8 Å². The average molecular weight is 198 g/mol. The third-order valence-corrected chi connectivity index (χ3v) is 5.42. The highest BCUT2D eigenvalue weighted by atomic mass is 28.3. The van der Waals surface area contributed by atoms with E-state index in [-0.39, 0.29) is 5.22 Å². The van der Waals surface area contributed by atoms with Crippen LogP contribution in [0.15, 0.2) is 11.6 Å². The molecule has 1 nitrogen and oxygen atoms in total. The van der Waals surface area contributed by atoms with Crippen LogP contribution in [0, 0.1) is 0 Å². The topological polar surface area (TPSA) is 9.23 Å². The SMILES string of the molecule is CC(C)=CC1([SiH](C)C)CCCCO1. The molecule has 1 rings (SSSR count). The lowest BCUT2D eigenvalue weighted by molar-refractivity contribution is 0.00992. The Balaban J connectivity index is 2.79. The minimum atomic E-state index is -0.742. The summed E-state index contributed by atoms with van der Waals surface area (Å²) in [5, 5.41) is 0.178. The minimum Gasteiger partial charge on any atom is -0.375 e. The molecule has 0 aromatic carbocycles. The molecule has 1 heterocycles. The molecule has 0 aliphatic carbocycles. The van der Waals surface area contributed by atoms with Gasteiger partial charge in [-0.25, -0.2) is 0 Å². The zero-order chi connectivity index (χ0) is 9.90. The van der Waals surface area contributed by atoms with Gasteiger partial charge in [-0.05, 0) is 33.1 Å². The summed E-state index contributed by atoms with van der Waals surface area (Å²) < 4.78 is 6.02. The predicted octanol–water partition coefficient (Wildman–Crippen LogP) is 2.92. The fraction of sp³-hybridized carbons (Fsp3) is 0.818. The normalized spacial score (nSPS) is 29.0. The van der Waals surface area contributed by atoms with Gasteiger partial charge in [-0.15, -0.1) is 0 Å². The largest absolute Gasteiger partial charge is 0.375 e. The smallest absolute Gasteiger partial charge is 0.0744 e. The first kappa shape index (κ1) is 11.0. The van der Waals surface area contributed by atoms with Crippen LogP contribution >= 0.6 is 0 Å². The average Bonchev–Trinajstić information content (AvgIpc) is 2.04. The summed E-state index contributed by atoms with van der Waals surface area (Å²) in [7, 11) is -0.742. The summed E-state index contributed by atoms with van der Waals surface area (Å²) in [6.45, 7) is 10.1. The predicted molar refractivity (Wildman–Crippen MR) is 60.8 cm³/mol. The van der Waals surface area contributed by atoms with Gasteiger partial charge in [0.05, 0.1) is 14.0 Å². The Morgan fingerprint density at radius 1 is 1.31 bits per heavy atom. The Morgan fingerprint density at radius 3 is 2.38 bits per heavy atom. The van der Waals surface area contributed by atoms with Gasteiger partial charge in [0.1, 0.15) is 0 Å². The number of hydrogen-bond donors (Lipinski definition) is 0. The first-order chi connectivity index (χ1) is 6.07. The highest BCUT2D eigenvalue weighted by molar-refractivity contribution is 6.59. The molecule has 0 amide bonds. The molecule has 0 aromatic heterocycles. The van der Waals surface area contributed by atoms with E-state index in [9.17, 15) is 0 Å². The maximum absolute atomic E-state index is 6.02. The first-order valence-corrected chi connectivity index (χ1v) is 8.25. The van der Waals surface area contributed by atoms with Crippen LogP contribution in [0.3, 0.4) is 0 Å². The van der Waals surface area contributed by atoms with E-state index < -0.39 is 8.80 Å². The summed E-state index contributed by atoms with van der Waals surface area (Å²) in [5.41, 5.74) is 1.41. The summed E-state index contributed by atoms with van der Waals surface area (Å²) in [6.07, 6.45) is 6.22. The van der Waals surface area contributed by atoms with Crippen molar-refractivity contribution in [1.29, 1.82) is 0 Å². The lowest BCUT2D eigenvalue weighted by atomic mass is 10.1. The van der Waals surface area contributed by atoms with Crippen molar-refractivity contribution in [3.8, 4) is 0 Å². The fourth-order valence-electron chi connectivity index (χ4n) is 2.06. The Morgan fingerprint density at radius 2 is 2.00 bits per heavy atom. The van der Waals surface area contributed by atoms with Gasteiger partial charge in [0, 0.05) is 6.61 Å². The zero-order valence-electron chi connectivity index (χ0n) is 9.39. The van der Waals surface area contributed by atoms with Gasteiger partial charge in [-0.3, -0.25) is 0 Å². The molecule has 1 saturated heterocycles. The molecule has 1 atom stereocenters. The maximum atomic E-state index is 6.02. The van der Waals surface area contributed by atoms with Crippen molar-refractivity contribution in [2.24, 2.45) is 0 Å². The van der Waals surface area contributed by atoms with Crippen LogP contribution in [-0.4, -0.2) is 20.6 Å². The molecule has 0 aromatic rings. The second kappa shape index (κ2) is 4.42. The van der Waals surface area contributed by atoms with E-state index in [2.05, 4.69) is 33.0 Å². The fourth-order valence-corrected chi connectivity index (χ4v) is 3.96. The Kier molecular flexibility index (Phi) is 3.74. The van der Waals surface area contributed by atoms with E-state index in [4.69, 9.17) is 4.74 Å². The quantitative estimate of drug-likeness (QED) is 0.490. The van der Waals surface area contributed by atoms with Gasteiger partial charge in [0.2, 0.25) is 0 Å². The molecule has 0 spiro atoms. The van der Waals surface area contributed by atoms with Gasteiger partial charge >= 0.3 is 0 Å². The minimum absolute atomic E-state index is 0.178. The summed E-state index contributed by atoms with van der Waals surface area (Å²) in [6, 6.07) is 0. The Labute approximate surface area is 83.8 Å². The summed E-state index contributed by atoms with van der Waals surface area (Å²) in [5.74, 6) is 0. The van der Waals surface area contributed by atoms with Crippen LogP contribution < -0.4 is 0 Å². The Bertz CT molecular complexity index is 186. The molecule has 0 N–H and O–H groups in total. The highest BCUT2D eigenvalue weighted by Gasteiger charge is 2.34. The number of ether oxygens (including phenoxy) is 1. The van der Waals surface area contributed by atoms with E-state index in [1.54, 1.807) is 0 Å². The molecule has 0 bridgehead atoms. The lowest BCUT2D eigenvalue weighted by Crippen LogP contribution is -2.45. The van der Waals surface area contributed by atoms with E-state index >= 15 is 0 Å². The van der Waals surface area contributed by atoms with Crippen LogP contribution in [0.2, 0.25) is 13.1 Å². The van der Waals surface area contributed by atoms with Gasteiger partial charge < -0.3 is 4.74 Å². The maximum Gasteiger partial charge on any atom is 0.0744 e. The molecule has 0 radical (unpaired) electrons. The van der Waals surface area contributed by atoms with Crippen LogP contribution in [0.5, 0.6) is 0 Å². The molecule has 1 aliphatic rings. The summed E-state index contributed by atoms with van der Waals surface area (Å²) >= 11 is 0. The Hall–Kier alpha value is -0.0831. The number of hydrogen-bond acceptors (Lipinski definition) is 1. The molecule has 1 unspecified atom stereocenters. The first-order valence-electron chi connectivity index (χ1n) is 5.37. The number of allylic oxidation sites excluding steroid dienone is 1. The molecular weight excluding hydrogens is 176 g/mol. The van der Waals surface area contributed by atoms with Gasteiger partial charge in [0.15, 0.2) is 0 Å². The molecule has 13 heavy (non-hydrogen) atoms. The van der Waals surface area contributed by atoms with Crippen LogP contribution in [0.25, 0.3) is 0 Å². The van der Waals surface area contributed by atoms with Crippen LogP contribution in [-0.2, 0) is 4.74 Å². The van der Waals surface area contributed by atoms with Crippen molar-refractivity contribution < 1.29 is 4.74 Å². The van der Waals surface area contributed by atoms with Crippen molar-refractivity contribution in [3.63, 3.8) is 0 Å². The van der Waals surface area contributed by atoms with Crippen LogP contribution in [0.4, 0.5) is 0 Å². The third-order valence-electron chi connectivity index (χ3n) is 2.84. The van der Waals surface area contributed by atoms with E-state index in [0.717, 1.165) is 6.61 Å². The van der Waals surface area contributed by atoms with Crippen LogP contribution in [0.1, 0.15) is 33.1 Å². The van der Waals surface area contributed by atoms with Crippen molar-refractivity contribution in [1.82, 2.24) is 0 Å². The zero-order valence-corrected chi connectivity index (χ0v) is 10.5. The monoisotopic (exact) mass is 198 g/mol.